The molecule has 0 bridgehead atoms. The summed E-state index contributed by atoms with van der Waals surface area (Å²) in [6.45, 7) is 3.40. The fourth-order valence-corrected chi connectivity index (χ4v) is 2.49. The van der Waals surface area contributed by atoms with Crippen LogP contribution in [0.15, 0.2) is 24.5 Å². The van der Waals surface area contributed by atoms with Crippen molar-refractivity contribution < 1.29 is 0 Å². The fraction of sp³-hybridized carbons (Fsp3) is 0.643. The standard InChI is InChI=1S/C14H23N3/c1-17(12-13-5-2-8-15-11-13)10-4-7-14-6-3-9-16-14/h2,5,8,11,14,16H,3-4,6-7,9-10,12H2,1H3. The van der Waals surface area contributed by atoms with E-state index in [0.29, 0.717) is 0 Å². The second-order valence-corrected chi connectivity index (χ2v) is 5.03. The van der Waals surface area contributed by atoms with E-state index in [0.717, 1.165) is 12.6 Å². The van der Waals surface area contributed by atoms with E-state index >= 15 is 0 Å². The van der Waals surface area contributed by atoms with Gasteiger partial charge in [-0.1, -0.05) is 6.07 Å². The molecule has 0 aliphatic carbocycles. The number of nitrogens with one attached hydrogen (secondary N) is 1. The Bertz CT molecular complexity index is 307. The zero-order chi connectivity index (χ0) is 11.9. The predicted molar refractivity (Wildman–Crippen MR) is 70.8 cm³/mol. The highest BCUT2D eigenvalue weighted by atomic mass is 15.1. The Morgan fingerprint density at radius 3 is 3.18 bits per heavy atom. The third-order valence-corrected chi connectivity index (χ3v) is 3.43. The van der Waals surface area contributed by atoms with Crippen molar-refractivity contribution in [3.8, 4) is 0 Å². The van der Waals surface area contributed by atoms with Crippen LogP contribution in [0.4, 0.5) is 0 Å². The van der Waals surface area contributed by atoms with E-state index < -0.39 is 0 Å². The first-order chi connectivity index (χ1) is 8.34. The van der Waals surface area contributed by atoms with E-state index in [1.54, 1.807) is 0 Å². The maximum Gasteiger partial charge on any atom is 0.0312 e. The van der Waals surface area contributed by atoms with Gasteiger partial charge in [-0.3, -0.25) is 4.98 Å². The van der Waals surface area contributed by atoms with Crippen molar-refractivity contribution >= 4 is 0 Å². The van der Waals surface area contributed by atoms with Gasteiger partial charge in [0.1, 0.15) is 0 Å². The van der Waals surface area contributed by atoms with E-state index in [1.807, 2.05) is 18.5 Å². The van der Waals surface area contributed by atoms with Gasteiger partial charge in [0.2, 0.25) is 0 Å². The van der Waals surface area contributed by atoms with Gasteiger partial charge in [-0.05, 0) is 57.5 Å². The highest BCUT2D eigenvalue weighted by Gasteiger charge is 2.13. The zero-order valence-electron chi connectivity index (χ0n) is 10.7. The van der Waals surface area contributed by atoms with Gasteiger partial charge in [0, 0.05) is 25.0 Å². The average molecular weight is 233 g/mol. The lowest BCUT2D eigenvalue weighted by atomic mass is 10.1. The molecule has 1 unspecified atom stereocenters. The highest BCUT2D eigenvalue weighted by molar-refractivity contribution is 5.07. The van der Waals surface area contributed by atoms with Crippen molar-refractivity contribution in [1.29, 1.82) is 0 Å². The summed E-state index contributed by atoms with van der Waals surface area (Å²) in [4.78, 5) is 6.53. The van der Waals surface area contributed by atoms with Gasteiger partial charge in [0.15, 0.2) is 0 Å². The Morgan fingerprint density at radius 1 is 1.53 bits per heavy atom. The summed E-state index contributed by atoms with van der Waals surface area (Å²) >= 11 is 0. The molecular weight excluding hydrogens is 210 g/mol. The molecule has 2 heterocycles. The third kappa shape index (κ3) is 4.44. The average Bonchev–Trinajstić information content (AvgIpc) is 2.83. The quantitative estimate of drug-likeness (QED) is 0.815. The van der Waals surface area contributed by atoms with Gasteiger partial charge in [-0.2, -0.15) is 0 Å². The lowest BCUT2D eigenvalue weighted by Gasteiger charge is -2.17. The molecule has 3 nitrogen and oxygen atoms in total. The summed E-state index contributed by atoms with van der Waals surface area (Å²) in [6.07, 6.45) is 9.11. The van der Waals surface area contributed by atoms with Crippen molar-refractivity contribution in [1.82, 2.24) is 15.2 Å². The lowest BCUT2D eigenvalue weighted by Crippen LogP contribution is -2.24. The summed E-state index contributed by atoms with van der Waals surface area (Å²) in [6, 6.07) is 4.93. The maximum absolute atomic E-state index is 4.14. The van der Waals surface area contributed by atoms with Crippen LogP contribution >= 0.6 is 0 Å². The Kier molecular flexibility index (Phi) is 4.95. The smallest absolute Gasteiger partial charge is 0.0312 e. The van der Waals surface area contributed by atoms with Crippen molar-refractivity contribution in [3.63, 3.8) is 0 Å². The van der Waals surface area contributed by atoms with Gasteiger partial charge in [-0.15, -0.1) is 0 Å². The SMILES string of the molecule is CN(CCCC1CCCN1)Cc1cccnc1. The molecule has 1 N–H and O–H groups in total. The molecule has 2 rings (SSSR count). The summed E-state index contributed by atoms with van der Waals surface area (Å²) in [5, 5.41) is 3.55. The van der Waals surface area contributed by atoms with E-state index in [-0.39, 0.29) is 0 Å². The molecule has 17 heavy (non-hydrogen) atoms. The molecule has 0 saturated carbocycles. The maximum atomic E-state index is 4.14. The number of rotatable bonds is 6. The van der Waals surface area contributed by atoms with Crippen LogP contribution in [0.3, 0.4) is 0 Å². The Labute approximate surface area is 104 Å². The van der Waals surface area contributed by atoms with Crippen molar-refractivity contribution in [2.45, 2.75) is 38.3 Å². The second kappa shape index (κ2) is 6.72. The largest absolute Gasteiger partial charge is 0.314 e. The number of nitrogens with zero attached hydrogens (tertiary/aromatic N) is 2. The van der Waals surface area contributed by atoms with E-state index in [9.17, 15) is 0 Å². The van der Waals surface area contributed by atoms with Crippen LogP contribution in [0.25, 0.3) is 0 Å². The van der Waals surface area contributed by atoms with E-state index in [1.165, 1.54) is 44.3 Å². The molecule has 3 heteroatoms. The normalized spacial score (nSPS) is 20.0. The highest BCUT2D eigenvalue weighted by Crippen LogP contribution is 2.11. The van der Waals surface area contributed by atoms with Gasteiger partial charge in [0.25, 0.3) is 0 Å². The third-order valence-electron chi connectivity index (χ3n) is 3.43. The Balaban J connectivity index is 1.62. The monoisotopic (exact) mass is 233 g/mol. The minimum absolute atomic E-state index is 0.779. The molecule has 1 aliphatic heterocycles. The molecule has 1 aliphatic rings. The predicted octanol–water partition coefficient (Wildman–Crippen LogP) is 2.05. The lowest BCUT2D eigenvalue weighted by molar-refractivity contribution is 0.311. The first-order valence-corrected chi connectivity index (χ1v) is 6.65. The van der Waals surface area contributed by atoms with Crippen molar-refractivity contribution in [2.24, 2.45) is 0 Å². The van der Waals surface area contributed by atoms with Gasteiger partial charge in [-0.25, -0.2) is 0 Å². The molecule has 0 amide bonds. The molecule has 1 aromatic rings. The molecule has 0 aromatic carbocycles. The van der Waals surface area contributed by atoms with Crippen LogP contribution in [-0.4, -0.2) is 36.1 Å². The molecule has 0 radical (unpaired) electrons. The van der Waals surface area contributed by atoms with Gasteiger partial charge < -0.3 is 10.2 Å². The molecule has 94 valence electrons. The number of pyridine rings is 1. The topological polar surface area (TPSA) is 28.2 Å². The van der Waals surface area contributed by atoms with E-state index in [4.69, 9.17) is 0 Å². The number of hydrogen-bond donors (Lipinski definition) is 1. The van der Waals surface area contributed by atoms with E-state index in [2.05, 4.69) is 28.3 Å². The minimum atomic E-state index is 0.779. The van der Waals surface area contributed by atoms with Crippen LogP contribution in [-0.2, 0) is 6.54 Å². The summed E-state index contributed by atoms with van der Waals surface area (Å²) in [5.74, 6) is 0. The summed E-state index contributed by atoms with van der Waals surface area (Å²) < 4.78 is 0. The van der Waals surface area contributed by atoms with Crippen LogP contribution in [0.5, 0.6) is 0 Å². The van der Waals surface area contributed by atoms with Crippen LogP contribution in [0, 0.1) is 0 Å². The molecule has 1 saturated heterocycles. The molecular formula is C14H23N3. The molecule has 0 spiro atoms. The first kappa shape index (κ1) is 12.5. The molecule has 1 atom stereocenters. The van der Waals surface area contributed by atoms with Gasteiger partial charge in [0.05, 0.1) is 0 Å². The fourth-order valence-electron chi connectivity index (χ4n) is 2.49. The van der Waals surface area contributed by atoms with Crippen LogP contribution < -0.4 is 5.32 Å². The molecule has 1 fully saturated rings. The van der Waals surface area contributed by atoms with Gasteiger partial charge >= 0.3 is 0 Å². The summed E-state index contributed by atoms with van der Waals surface area (Å²) in [7, 11) is 2.19. The number of hydrogen-bond acceptors (Lipinski definition) is 3. The summed E-state index contributed by atoms with van der Waals surface area (Å²) in [5.41, 5.74) is 1.30. The van der Waals surface area contributed by atoms with Crippen molar-refractivity contribution in [2.75, 3.05) is 20.1 Å². The first-order valence-electron chi connectivity index (χ1n) is 6.65. The van der Waals surface area contributed by atoms with Crippen molar-refractivity contribution in [3.05, 3.63) is 30.1 Å². The Morgan fingerprint density at radius 2 is 2.47 bits per heavy atom. The zero-order valence-corrected chi connectivity index (χ0v) is 10.7. The van der Waals surface area contributed by atoms with Crippen LogP contribution in [0.1, 0.15) is 31.2 Å². The minimum Gasteiger partial charge on any atom is -0.314 e. The second-order valence-electron chi connectivity index (χ2n) is 5.03. The Hall–Kier alpha value is -0.930. The number of aromatic nitrogens is 1. The van der Waals surface area contributed by atoms with Crippen LogP contribution in [0.2, 0.25) is 0 Å². The molecule has 1 aromatic heterocycles.